The van der Waals surface area contributed by atoms with Crippen molar-refractivity contribution >= 4 is 5.97 Å². The molecular weight excluding hydrogens is 268 g/mol. The normalized spacial score (nSPS) is 25.8. The Morgan fingerprint density at radius 3 is 2.57 bits per heavy atom. The highest BCUT2D eigenvalue weighted by atomic mass is 16.4. The fraction of sp³-hybridized carbons (Fsp3) is 0.688. The van der Waals surface area contributed by atoms with Crippen LogP contribution in [-0.2, 0) is 11.2 Å². The van der Waals surface area contributed by atoms with Gasteiger partial charge < -0.3 is 5.11 Å². The molecule has 0 saturated heterocycles. The van der Waals surface area contributed by atoms with Crippen LogP contribution in [-0.4, -0.2) is 20.6 Å². The summed E-state index contributed by atoms with van der Waals surface area (Å²) in [7, 11) is 0. The van der Waals surface area contributed by atoms with Gasteiger partial charge in [0.05, 0.1) is 6.42 Å². The van der Waals surface area contributed by atoms with Gasteiger partial charge in [-0.1, -0.05) is 13.8 Å². The summed E-state index contributed by atoms with van der Waals surface area (Å²) in [5.41, 5.74) is 1.73. The van der Waals surface area contributed by atoms with Crippen molar-refractivity contribution in [1.82, 2.24) is 9.55 Å². The number of carboxylic acid groups (broad SMARTS) is 1. The first kappa shape index (κ1) is 15.7. The summed E-state index contributed by atoms with van der Waals surface area (Å²) in [5.74, 6) is 0.204. The minimum Gasteiger partial charge on any atom is -0.481 e. The Bertz CT molecular complexity index is 606. The molecule has 0 amide bonds. The Labute approximate surface area is 125 Å². The van der Waals surface area contributed by atoms with E-state index in [0.29, 0.717) is 23.1 Å². The molecule has 1 aliphatic rings. The van der Waals surface area contributed by atoms with Crippen molar-refractivity contribution in [1.29, 1.82) is 0 Å². The van der Waals surface area contributed by atoms with E-state index >= 15 is 0 Å². The second kappa shape index (κ2) is 6.00. The number of nitrogens with zero attached hydrogens (tertiary/aromatic N) is 2. The predicted molar refractivity (Wildman–Crippen MR) is 80.5 cm³/mol. The molecule has 0 aliphatic heterocycles. The summed E-state index contributed by atoms with van der Waals surface area (Å²) in [4.78, 5) is 27.4. The van der Waals surface area contributed by atoms with Gasteiger partial charge in [-0.2, -0.15) is 4.98 Å². The molecule has 0 bridgehead atoms. The van der Waals surface area contributed by atoms with E-state index in [0.717, 1.165) is 25.0 Å². The third kappa shape index (κ3) is 3.17. The van der Waals surface area contributed by atoms with E-state index < -0.39 is 5.97 Å². The molecule has 116 valence electrons. The van der Waals surface area contributed by atoms with Gasteiger partial charge in [-0.3, -0.25) is 9.36 Å². The Morgan fingerprint density at radius 1 is 1.33 bits per heavy atom. The largest absolute Gasteiger partial charge is 0.481 e. The first-order chi connectivity index (χ1) is 9.81. The number of hydrogen-bond donors (Lipinski definition) is 1. The summed E-state index contributed by atoms with van der Waals surface area (Å²) in [6.45, 7) is 7.97. The topological polar surface area (TPSA) is 72.2 Å². The first-order valence-electron chi connectivity index (χ1n) is 7.61. The molecule has 1 aromatic rings. The molecule has 0 radical (unpaired) electrons. The van der Waals surface area contributed by atoms with Crippen LogP contribution in [0.2, 0.25) is 0 Å². The van der Waals surface area contributed by atoms with Crippen LogP contribution >= 0.6 is 0 Å². The van der Waals surface area contributed by atoms with Crippen molar-refractivity contribution in [2.45, 2.75) is 59.4 Å². The zero-order valence-electron chi connectivity index (χ0n) is 13.2. The number of carboxylic acids is 1. The van der Waals surface area contributed by atoms with Crippen LogP contribution in [0.1, 0.15) is 56.1 Å². The van der Waals surface area contributed by atoms with Crippen LogP contribution in [0.5, 0.6) is 0 Å². The van der Waals surface area contributed by atoms with Gasteiger partial charge in [-0.05, 0) is 44.9 Å². The Balaban J connectivity index is 2.48. The lowest BCUT2D eigenvalue weighted by atomic mass is 9.79. The van der Waals surface area contributed by atoms with E-state index in [1.165, 1.54) is 0 Å². The van der Waals surface area contributed by atoms with Crippen molar-refractivity contribution in [3.8, 4) is 0 Å². The van der Waals surface area contributed by atoms with E-state index in [1.54, 1.807) is 11.5 Å². The third-order valence-electron chi connectivity index (χ3n) is 4.75. The maximum atomic E-state index is 12.3. The van der Waals surface area contributed by atoms with Crippen LogP contribution in [0.3, 0.4) is 0 Å². The third-order valence-corrected chi connectivity index (χ3v) is 4.75. The van der Waals surface area contributed by atoms with E-state index in [4.69, 9.17) is 5.11 Å². The lowest BCUT2D eigenvalue weighted by molar-refractivity contribution is -0.136. The highest BCUT2D eigenvalue weighted by molar-refractivity contribution is 5.70. The second-order valence-corrected chi connectivity index (χ2v) is 6.45. The van der Waals surface area contributed by atoms with Crippen LogP contribution in [0.15, 0.2) is 4.79 Å². The summed E-state index contributed by atoms with van der Waals surface area (Å²) < 4.78 is 1.74. The van der Waals surface area contributed by atoms with Gasteiger partial charge in [-0.25, -0.2) is 4.79 Å². The standard InChI is InChI=1S/C16H24N2O3/c1-9-5-6-14(10(2)7-9)18-12(4)13(8-15(19)20)11(3)17-16(18)21/h9-10,14H,5-8H2,1-4H3,(H,19,20). The quantitative estimate of drug-likeness (QED) is 0.929. The minimum absolute atomic E-state index is 0.0809. The van der Waals surface area contributed by atoms with Gasteiger partial charge in [-0.15, -0.1) is 0 Å². The van der Waals surface area contributed by atoms with E-state index in [-0.39, 0.29) is 18.2 Å². The van der Waals surface area contributed by atoms with E-state index in [1.807, 2.05) is 6.92 Å². The fourth-order valence-electron chi connectivity index (χ4n) is 3.65. The maximum Gasteiger partial charge on any atom is 0.348 e. The van der Waals surface area contributed by atoms with Crippen LogP contribution in [0.4, 0.5) is 0 Å². The van der Waals surface area contributed by atoms with Gasteiger partial charge >= 0.3 is 11.7 Å². The molecule has 21 heavy (non-hydrogen) atoms. The SMILES string of the molecule is Cc1nc(=O)n(C2CCC(C)CC2C)c(C)c1CC(=O)O. The van der Waals surface area contributed by atoms with Gasteiger partial charge in [0.25, 0.3) is 0 Å². The molecule has 0 spiro atoms. The van der Waals surface area contributed by atoms with Gasteiger partial charge in [0, 0.05) is 23.0 Å². The summed E-state index contributed by atoms with van der Waals surface area (Å²) >= 11 is 0. The molecule has 1 aromatic heterocycles. The summed E-state index contributed by atoms with van der Waals surface area (Å²) in [6.07, 6.45) is 3.07. The van der Waals surface area contributed by atoms with Gasteiger partial charge in [0.1, 0.15) is 0 Å². The molecule has 5 heteroatoms. The molecule has 1 saturated carbocycles. The van der Waals surface area contributed by atoms with E-state index in [2.05, 4.69) is 18.8 Å². The van der Waals surface area contributed by atoms with Gasteiger partial charge in [0.15, 0.2) is 0 Å². The molecule has 2 rings (SSSR count). The number of aryl methyl sites for hydroxylation is 1. The number of rotatable bonds is 3. The van der Waals surface area contributed by atoms with Crippen molar-refractivity contribution in [3.05, 3.63) is 27.4 Å². The smallest absolute Gasteiger partial charge is 0.348 e. The molecule has 1 N–H and O–H groups in total. The van der Waals surface area contributed by atoms with Crippen LogP contribution in [0, 0.1) is 25.7 Å². The molecule has 3 unspecified atom stereocenters. The van der Waals surface area contributed by atoms with Crippen LogP contribution < -0.4 is 5.69 Å². The average molecular weight is 292 g/mol. The zero-order valence-corrected chi connectivity index (χ0v) is 13.2. The first-order valence-corrected chi connectivity index (χ1v) is 7.61. The number of hydrogen-bond acceptors (Lipinski definition) is 3. The van der Waals surface area contributed by atoms with Crippen molar-refractivity contribution in [3.63, 3.8) is 0 Å². The van der Waals surface area contributed by atoms with Crippen molar-refractivity contribution in [2.75, 3.05) is 0 Å². The molecule has 5 nitrogen and oxygen atoms in total. The minimum atomic E-state index is -0.890. The monoisotopic (exact) mass is 292 g/mol. The number of aliphatic carboxylic acids is 1. The molecular formula is C16H24N2O3. The Hall–Kier alpha value is -1.65. The molecule has 0 aromatic carbocycles. The predicted octanol–water partition coefficient (Wildman–Crippen LogP) is 2.48. The molecule has 1 heterocycles. The highest BCUT2D eigenvalue weighted by Crippen LogP contribution is 2.36. The number of carbonyl (C=O) groups is 1. The molecule has 3 atom stereocenters. The summed E-state index contributed by atoms with van der Waals surface area (Å²) in [6, 6.07) is 0.134. The lowest BCUT2D eigenvalue weighted by Gasteiger charge is -2.35. The summed E-state index contributed by atoms with van der Waals surface area (Å²) in [5, 5.41) is 9.06. The Kier molecular flexibility index (Phi) is 4.49. The Morgan fingerprint density at radius 2 is 2.00 bits per heavy atom. The maximum absolute atomic E-state index is 12.3. The lowest BCUT2D eigenvalue weighted by Crippen LogP contribution is -2.36. The molecule has 1 fully saturated rings. The zero-order chi connectivity index (χ0) is 15.7. The number of aromatic nitrogens is 2. The van der Waals surface area contributed by atoms with Crippen molar-refractivity contribution < 1.29 is 9.90 Å². The second-order valence-electron chi connectivity index (χ2n) is 6.45. The fourth-order valence-corrected chi connectivity index (χ4v) is 3.65. The highest BCUT2D eigenvalue weighted by Gasteiger charge is 2.29. The van der Waals surface area contributed by atoms with Crippen LogP contribution in [0.25, 0.3) is 0 Å². The molecule has 1 aliphatic carbocycles. The average Bonchev–Trinajstić information content (AvgIpc) is 2.36. The van der Waals surface area contributed by atoms with Gasteiger partial charge in [0.2, 0.25) is 0 Å². The van der Waals surface area contributed by atoms with Crippen molar-refractivity contribution in [2.24, 2.45) is 11.8 Å². The van der Waals surface area contributed by atoms with E-state index in [9.17, 15) is 9.59 Å².